The molecule has 0 amide bonds. The summed E-state index contributed by atoms with van der Waals surface area (Å²) < 4.78 is 24.4. The molecule has 1 fully saturated rings. The average Bonchev–Trinajstić information content (AvgIpc) is 1.84. The van der Waals surface area contributed by atoms with E-state index in [9.17, 15) is 8.42 Å². The van der Waals surface area contributed by atoms with Gasteiger partial charge in [0.05, 0.1) is 5.75 Å². The molecular formula is C2H5NO3S. The highest BCUT2D eigenvalue weighted by atomic mass is 32.2. The first-order valence-electron chi connectivity index (χ1n) is 1.85. The first-order chi connectivity index (χ1) is 3.21. The van der Waals surface area contributed by atoms with Gasteiger partial charge < -0.3 is 0 Å². The molecule has 0 aliphatic carbocycles. The van der Waals surface area contributed by atoms with Gasteiger partial charge in [0.25, 0.3) is 10.1 Å². The lowest BCUT2D eigenvalue weighted by Gasteiger charge is -1.83. The fourth-order valence-electron chi connectivity index (χ4n) is 0.340. The second-order valence-corrected chi connectivity index (χ2v) is 2.93. The van der Waals surface area contributed by atoms with Gasteiger partial charge in [0, 0.05) is 6.54 Å². The zero-order chi connectivity index (χ0) is 5.33. The van der Waals surface area contributed by atoms with Crippen LogP contribution in [-0.4, -0.2) is 20.7 Å². The van der Waals surface area contributed by atoms with Crippen LogP contribution in [0.15, 0.2) is 0 Å². The van der Waals surface area contributed by atoms with E-state index in [1.165, 1.54) is 0 Å². The van der Waals surface area contributed by atoms with Gasteiger partial charge in [-0.15, -0.1) is 0 Å². The summed E-state index contributed by atoms with van der Waals surface area (Å²) in [6.45, 7) is 0.405. The van der Waals surface area contributed by atoms with Crippen LogP contribution >= 0.6 is 0 Å². The Morgan fingerprint density at radius 1 is 1.57 bits per heavy atom. The molecule has 42 valence electrons. The monoisotopic (exact) mass is 123 g/mol. The van der Waals surface area contributed by atoms with Crippen LogP contribution in [0.2, 0.25) is 0 Å². The lowest BCUT2D eigenvalue weighted by Crippen LogP contribution is -2.04. The van der Waals surface area contributed by atoms with Gasteiger partial charge in [0.2, 0.25) is 0 Å². The maximum Gasteiger partial charge on any atom is 0.284 e. The second kappa shape index (κ2) is 1.43. The SMILES string of the molecule is O=S1(=O)CCNO1. The highest BCUT2D eigenvalue weighted by Gasteiger charge is 2.16. The van der Waals surface area contributed by atoms with Crippen molar-refractivity contribution < 1.29 is 12.7 Å². The number of hydroxylamine groups is 1. The fourth-order valence-corrected chi connectivity index (χ4v) is 1.02. The fraction of sp³-hybridized carbons (Fsp3) is 1.00. The van der Waals surface area contributed by atoms with E-state index < -0.39 is 10.1 Å². The van der Waals surface area contributed by atoms with Crippen molar-refractivity contribution in [3.63, 3.8) is 0 Å². The lowest BCUT2D eigenvalue weighted by atomic mass is 10.8. The van der Waals surface area contributed by atoms with Crippen LogP contribution in [-0.2, 0) is 14.4 Å². The molecule has 0 bridgehead atoms. The molecular weight excluding hydrogens is 118 g/mol. The molecule has 0 saturated carbocycles. The van der Waals surface area contributed by atoms with E-state index >= 15 is 0 Å². The minimum Gasteiger partial charge on any atom is -0.198 e. The molecule has 4 nitrogen and oxygen atoms in total. The van der Waals surface area contributed by atoms with Crippen molar-refractivity contribution in [3.8, 4) is 0 Å². The normalized spacial score (nSPS) is 28.0. The third kappa shape index (κ3) is 1.12. The Kier molecular flexibility index (Phi) is 1.02. The van der Waals surface area contributed by atoms with E-state index in [4.69, 9.17) is 0 Å². The number of rotatable bonds is 0. The molecule has 1 saturated heterocycles. The van der Waals surface area contributed by atoms with Crippen LogP contribution in [0.25, 0.3) is 0 Å². The van der Waals surface area contributed by atoms with Crippen molar-refractivity contribution in [1.82, 2.24) is 5.48 Å². The third-order valence-corrected chi connectivity index (χ3v) is 1.72. The summed E-state index contributed by atoms with van der Waals surface area (Å²) in [4.78, 5) is 0. The predicted octanol–water partition coefficient (Wildman–Crippen LogP) is -1.15. The summed E-state index contributed by atoms with van der Waals surface area (Å²) >= 11 is 0. The van der Waals surface area contributed by atoms with Crippen molar-refractivity contribution in [2.45, 2.75) is 0 Å². The summed E-state index contributed by atoms with van der Waals surface area (Å²) in [5.41, 5.74) is 2.22. The molecule has 0 radical (unpaired) electrons. The standard InChI is InChI=1S/C2H5NO3S/c4-7(5)2-1-3-6-7/h3H,1-2H2. The molecule has 0 aromatic carbocycles. The minimum absolute atomic E-state index is 0.0903. The quantitative estimate of drug-likeness (QED) is 0.442. The molecule has 0 unspecified atom stereocenters. The zero-order valence-electron chi connectivity index (χ0n) is 3.55. The average molecular weight is 123 g/mol. The first kappa shape index (κ1) is 5.02. The Balaban J connectivity index is 2.76. The van der Waals surface area contributed by atoms with Gasteiger partial charge in [0.15, 0.2) is 0 Å². The Morgan fingerprint density at radius 3 is 2.43 bits per heavy atom. The number of nitrogens with one attached hydrogen (secondary N) is 1. The lowest BCUT2D eigenvalue weighted by molar-refractivity contribution is 0.241. The Hall–Kier alpha value is -0.130. The van der Waals surface area contributed by atoms with Crippen molar-refractivity contribution >= 4 is 10.1 Å². The highest BCUT2D eigenvalue weighted by Crippen LogP contribution is 1.94. The molecule has 1 heterocycles. The van der Waals surface area contributed by atoms with E-state index in [1.54, 1.807) is 0 Å². The molecule has 1 rings (SSSR count). The second-order valence-electron chi connectivity index (χ2n) is 1.24. The molecule has 1 N–H and O–H groups in total. The smallest absolute Gasteiger partial charge is 0.198 e. The molecule has 0 spiro atoms. The summed E-state index contributed by atoms with van der Waals surface area (Å²) in [6, 6.07) is 0. The highest BCUT2D eigenvalue weighted by molar-refractivity contribution is 7.86. The Bertz CT molecular complexity index is 136. The van der Waals surface area contributed by atoms with E-state index in [0.717, 1.165) is 0 Å². The third-order valence-electron chi connectivity index (χ3n) is 0.640. The molecule has 0 atom stereocenters. The van der Waals surface area contributed by atoms with Gasteiger partial charge in [-0.3, -0.25) is 0 Å². The van der Waals surface area contributed by atoms with Gasteiger partial charge in [-0.25, -0.2) is 0 Å². The topological polar surface area (TPSA) is 55.4 Å². The van der Waals surface area contributed by atoms with Crippen LogP contribution < -0.4 is 5.48 Å². The van der Waals surface area contributed by atoms with Crippen LogP contribution in [0.3, 0.4) is 0 Å². The summed E-state index contributed by atoms with van der Waals surface area (Å²) in [5.74, 6) is 0.0903. The van der Waals surface area contributed by atoms with E-state index in [2.05, 4.69) is 9.76 Å². The maximum absolute atomic E-state index is 10.1. The largest absolute Gasteiger partial charge is 0.284 e. The van der Waals surface area contributed by atoms with Crippen LogP contribution in [0, 0.1) is 0 Å². The zero-order valence-corrected chi connectivity index (χ0v) is 4.36. The molecule has 7 heavy (non-hydrogen) atoms. The van der Waals surface area contributed by atoms with E-state index in [0.29, 0.717) is 6.54 Å². The Morgan fingerprint density at radius 2 is 2.29 bits per heavy atom. The summed E-state index contributed by atoms with van der Waals surface area (Å²) in [7, 11) is -3.16. The summed E-state index contributed by atoms with van der Waals surface area (Å²) in [6.07, 6.45) is 0. The molecule has 1 aliphatic rings. The van der Waals surface area contributed by atoms with Crippen LogP contribution in [0.4, 0.5) is 0 Å². The van der Waals surface area contributed by atoms with Gasteiger partial charge in [-0.05, 0) is 0 Å². The van der Waals surface area contributed by atoms with Crippen molar-refractivity contribution in [2.24, 2.45) is 0 Å². The number of hydrogen-bond donors (Lipinski definition) is 1. The maximum atomic E-state index is 10.1. The van der Waals surface area contributed by atoms with Crippen LogP contribution in [0.1, 0.15) is 0 Å². The molecule has 0 aromatic rings. The minimum atomic E-state index is -3.16. The molecule has 5 heteroatoms. The summed E-state index contributed by atoms with van der Waals surface area (Å²) in [5, 5.41) is 0. The van der Waals surface area contributed by atoms with Crippen LogP contribution in [0.5, 0.6) is 0 Å². The van der Waals surface area contributed by atoms with Crippen molar-refractivity contribution in [3.05, 3.63) is 0 Å². The predicted molar refractivity (Wildman–Crippen MR) is 22.9 cm³/mol. The van der Waals surface area contributed by atoms with Crippen molar-refractivity contribution in [2.75, 3.05) is 12.3 Å². The van der Waals surface area contributed by atoms with Gasteiger partial charge in [-0.1, -0.05) is 0 Å². The Labute approximate surface area is 41.6 Å². The van der Waals surface area contributed by atoms with Crippen molar-refractivity contribution in [1.29, 1.82) is 0 Å². The van der Waals surface area contributed by atoms with Gasteiger partial charge in [-0.2, -0.15) is 18.2 Å². The number of hydrogen-bond acceptors (Lipinski definition) is 4. The molecule has 0 aromatic heterocycles. The van der Waals surface area contributed by atoms with E-state index in [-0.39, 0.29) is 5.75 Å². The van der Waals surface area contributed by atoms with Gasteiger partial charge in [0.1, 0.15) is 0 Å². The van der Waals surface area contributed by atoms with Gasteiger partial charge >= 0.3 is 0 Å². The molecule has 1 aliphatic heterocycles. The van der Waals surface area contributed by atoms with E-state index in [1.807, 2.05) is 0 Å². The first-order valence-corrected chi connectivity index (χ1v) is 3.42.